The van der Waals surface area contributed by atoms with Crippen molar-refractivity contribution in [2.75, 3.05) is 13.1 Å². The number of hydrogen-bond donors (Lipinski definition) is 0. The quantitative estimate of drug-likeness (QED) is 0.710. The number of oxazole rings is 1. The summed E-state index contributed by atoms with van der Waals surface area (Å²) < 4.78 is 20.9. The van der Waals surface area contributed by atoms with Crippen molar-refractivity contribution in [2.45, 2.75) is 25.2 Å². The summed E-state index contributed by atoms with van der Waals surface area (Å²) >= 11 is 0. The Morgan fingerprint density at radius 2 is 2.26 bits per heavy atom. The van der Waals surface area contributed by atoms with Gasteiger partial charge in [0.2, 0.25) is 0 Å². The molecule has 0 bridgehead atoms. The second-order valence-corrected chi connectivity index (χ2v) is 6.90. The van der Waals surface area contributed by atoms with Gasteiger partial charge in [0.05, 0.1) is 12.1 Å². The topological polar surface area (TPSA) is 64.2 Å². The third-order valence-corrected chi connectivity index (χ3v) is 4.94. The molecule has 7 heteroatoms. The van der Waals surface area contributed by atoms with Crippen LogP contribution in [0.1, 0.15) is 46.5 Å². The normalized spacial score (nSPS) is 17.3. The van der Waals surface area contributed by atoms with Crippen LogP contribution in [0.2, 0.25) is 0 Å². The summed E-state index contributed by atoms with van der Waals surface area (Å²) in [4.78, 5) is 19.0. The maximum absolute atomic E-state index is 13.3. The molecule has 0 spiro atoms. The number of amides is 1. The number of carbonyl (C=O) groups is 1. The number of aromatic nitrogens is 3. The lowest BCUT2D eigenvalue weighted by molar-refractivity contribution is 0.0686. The molecule has 0 radical (unpaired) electrons. The highest BCUT2D eigenvalue weighted by Crippen LogP contribution is 2.28. The Morgan fingerprint density at radius 1 is 1.37 bits per heavy atom. The Hall–Kier alpha value is -2.96. The number of aryl methyl sites for hydroxylation is 1. The molecule has 140 valence electrons. The molecule has 3 aromatic rings. The van der Waals surface area contributed by atoms with Gasteiger partial charge in [-0.3, -0.25) is 9.48 Å². The van der Waals surface area contributed by atoms with Crippen molar-refractivity contribution >= 4 is 5.91 Å². The van der Waals surface area contributed by atoms with E-state index in [1.807, 2.05) is 11.0 Å². The molecular formula is C20H21FN4O2. The summed E-state index contributed by atoms with van der Waals surface area (Å²) in [5, 5.41) is 4.07. The summed E-state index contributed by atoms with van der Waals surface area (Å²) in [7, 11) is 1.77. The molecule has 1 atom stereocenters. The average molecular weight is 368 g/mol. The van der Waals surface area contributed by atoms with E-state index in [2.05, 4.69) is 10.1 Å². The van der Waals surface area contributed by atoms with Crippen molar-refractivity contribution in [3.63, 3.8) is 0 Å². The van der Waals surface area contributed by atoms with Crippen LogP contribution in [0.4, 0.5) is 4.39 Å². The minimum absolute atomic E-state index is 0.0220. The average Bonchev–Trinajstić information content (AvgIpc) is 3.30. The van der Waals surface area contributed by atoms with Crippen LogP contribution in [0.5, 0.6) is 0 Å². The van der Waals surface area contributed by atoms with Crippen molar-refractivity contribution in [1.82, 2.24) is 19.7 Å². The molecule has 1 saturated heterocycles. The number of benzene rings is 1. The van der Waals surface area contributed by atoms with Crippen molar-refractivity contribution in [3.05, 3.63) is 71.5 Å². The lowest BCUT2D eigenvalue weighted by atomic mass is 9.97. The van der Waals surface area contributed by atoms with E-state index in [0.29, 0.717) is 30.3 Å². The van der Waals surface area contributed by atoms with E-state index in [1.54, 1.807) is 36.3 Å². The van der Waals surface area contributed by atoms with E-state index in [9.17, 15) is 9.18 Å². The zero-order valence-electron chi connectivity index (χ0n) is 15.1. The van der Waals surface area contributed by atoms with Gasteiger partial charge in [-0.05, 0) is 36.6 Å². The van der Waals surface area contributed by atoms with Crippen molar-refractivity contribution < 1.29 is 13.6 Å². The fourth-order valence-corrected chi connectivity index (χ4v) is 3.55. The van der Waals surface area contributed by atoms with Gasteiger partial charge in [0, 0.05) is 32.8 Å². The fourth-order valence-electron chi connectivity index (χ4n) is 3.55. The van der Waals surface area contributed by atoms with Crippen LogP contribution in [0.25, 0.3) is 0 Å². The first-order valence-electron chi connectivity index (χ1n) is 9.06. The van der Waals surface area contributed by atoms with Crippen LogP contribution >= 0.6 is 0 Å². The monoisotopic (exact) mass is 368 g/mol. The number of nitrogens with zero attached hydrogens (tertiary/aromatic N) is 4. The first kappa shape index (κ1) is 17.5. The standard InChI is InChI=1S/C20H21FN4O2/c1-24-18(7-8-23-24)20(26)25-9-3-5-15(13-25)19-22-12-17(27-19)11-14-4-2-6-16(21)10-14/h2,4,6-8,10,12,15H,3,5,9,11,13H2,1H3/t15-/m1/s1. The SMILES string of the molecule is Cn1nccc1C(=O)N1CCC[C@@H](c2ncc(Cc3cccc(F)c3)o2)C1. The molecule has 1 aliphatic rings. The van der Waals surface area contributed by atoms with Gasteiger partial charge >= 0.3 is 0 Å². The van der Waals surface area contributed by atoms with Gasteiger partial charge in [0.15, 0.2) is 5.89 Å². The Morgan fingerprint density at radius 3 is 3.04 bits per heavy atom. The number of rotatable bonds is 4. The summed E-state index contributed by atoms with van der Waals surface area (Å²) in [5.41, 5.74) is 1.42. The molecule has 1 aliphatic heterocycles. The van der Waals surface area contributed by atoms with Gasteiger partial charge < -0.3 is 9.32 Å². The zero-order valence-corrected chi connectivity index (χ0v) is 15.1. The number of likely N-dealkylation sites (tertiary alicyclic amines) is 1. The maximum atomic E-state index is 13.3. The van der Waals surface area contributed by atoms with Crippen LogP contribution in [0.15, 0.2) is 47.1 Å². The predicted molar refractivity (Wildman–Crippen MR) is 96.8 cm³/mol. The number of halogens is 1. The molecule has 1 amide bonds. The summed E-state index contributed by atoms with van der Waals surface area (Å²) in [6.07, 6.45) is 5.64. The van der Waals surface area contributed by atoms with Crippen LogP contribution < -0.4 is 0 Å². The molecule has 4 rings (SSSR count). The number of hydrogen-bond acceptors (Lipinski definition) is 4. The zero-order chi connectivity index (χ0) is 18.8. The van der Waals surface area contributed by atoms with Crippen LogP contribution in [0.3, 0.4) is 0 Å². The molecule has 0 unspecified atom stereocenters. The summed E-state index contributed by atoms with van der Waals surface area (Å²) in [6, 6.07) is 8.20. The lowest BCUT2D eigenvalue weighted by Gasteiger charge is -2.31. The summed E-state index contributed by atoms with van der Waals surface area (Å²) in [6.45, 7) is 1.29. The minimum Gasteiger partial charge on any atom is -0.445 e. The molecule has 3 heterocycles. The molecule has 0 saturated carbocycles. The molecule has 1 aromatic carbocycles. The van der Waals surface area contributed by atoms with E-state index in [4.69, 9.17) is 4.42 Å². The molecule has 0 aliphatic carbocycles. The van der Waals surface area contributed by atoms with E-state index >= 15 is 0 Å². The Labute approximate surface area is 156 Å². The highest BCUT2D eigenvalue weighted by atomic mass is 19.1. The van der Waals surface area contributed by atoms with Gasteiger partial charge in [-0.25, -0.2) is 9.37 Å². The molecule has 27 heavy (non-hydrogen) atoms. The van der Waals surface area contributed by atoms with Gasteiger partial charge in [-0.2, -0.15) is 5.10 Å². The molecule has 2 aromatic heterocycles. The second-order valence-electron chi connectivity index (χ2n) is 6.90. The van der Waals surface area contributed by atoms with Crippen molar-refractivity contribution in [1.29, 1.82) is 0 Å². The van der Waals surface area contributed by atoms with Gasteiger partial charge in [0.25, 0.3) is 5.91 Å². The third kappa shape index (κ3) is 3.77. The Balaban J connectivity index is 1.45. The van der Waals surface area contributed by atoms with Crippen molar-refractivity contribution in [3.8, 4) is 0 Å². The fraction of sp³-hybridized carbons (Fsp3) is 0.350. The molecular weight excluding hydrogens is 347 g/mol. The first-order valence-corrected chi connectivity index (χ1v) is 9.06. The highest BCUT2D eigenvalue weighted by Gasteiger charge is 2.29. The van der Waals surface area contributed by atoms with Gasteiger partial charge in [-0.1, -0.05) is 12.1 Å². The van der Waals surface area contributed by atoms with Crippen LogP contribution in [-0.2, 0) is 13.5 Å². The molecule has 6 nitrogen and oxygen atoms in total. The van der Waals surface area contributed by atoms with E-state index in [0.717, 1.165) is 24.9 Å². The van der Waals surface area contributed by atoms with E-state index < -0.39 is 0 Å². The van der Waals surface area contributed by atoms with Gasteiger partial charge in [0.1, 0.15) is 17.3 Å². The smallest absolute Gasteiger partial charge is 0.272 e. The largest absolute Gasteiger partial charge is 0.445 e. The second kappa shape index (κ2) is 7.34. The van der Waals surface area contributed by atoms with Gasteiger partial charge in [-0.15, -0.1) is 0 Å². The first-order chi connectivity index (χ1) is 13.1. The van der Waals surface area contributed by atoms with Crippen molar-refractivity contribution in [2.24, 2.45) is 7.05 Å². The predicted octanol–water partition coefficient (Wildman–Crippen LogP) is 3.16. The maximum Gasteiger partial charge on any atom is 0.272 e. The summed E-state index contributed by atoms with van der Waals surface area (Å²) in [5.74, 6) is 1.13. The van der Waals surface area contributed by atoms with E-state index in [1.165, 1.54) is 12.1 Å². The number of piperidine rings is 1. The minimum atomic E-state index is -0.260. The lowest BCUT2D eigenvalue weighted by Crippen LogP contribution is -2.40. The Kier molecular flexibility index (Phi) is 4.75. The van der Waals surface area contributed by atoms with Crippen LogP contribution in [0, 0.1) is 5.82 Å². The van der Waals surface area contributed by atoms with Crippen LogP contribution in [-0.4, -0.2) is 38.7 Å². The number of carbonyl (C=O) groups excluding carboxylic acids is 1. The van der Waals surface area contributed by atoms with E-state index in [-0.39, 0.29) is 17.6 Å². The molecule has 0 N–H and O–H groups in total. The highest BCUT2D eigenvalue weighted by molar-refractivity contribution is 5.92. The third-order valence-electron chi connectivity index (χ3n) is 4.94. The molecule has 1 fully saturated rings. The Bertz CT molecular complexity index is 949.